The van der Waals surface area contributed by atoms with E-state index in [4.69, 9.17) is 34.8 Å². The summed E-state index contributed by atoms with van der Waals surface area (Å²) in [7, 11) is 0. The summed E-state index contributed by atoms with van der Waals surface area (Å²) in [6, 6.07) is 13.0. The number of nitrogens with zero attached hydrogens (tertiary/aromatic N) is 2. The largest absolute Gasteiger partial charge is 0.296 e. The Morgan fingerprint density at radius 1 is 1.00 bits per heavy atom. The summed E-state index contributed by atoms with van der Waals surface area (Å²) >= 11 is 22.4. The molecule has 1 amide bonds. The van der Waals surface area contributed by atoms with Crippen LogP contribution in [0.3, 0.4) is 0 Å². The van der Waals surface area contributed by atoms with Gasteiger partial charge < -0.3 is 0 Å². The van der Waals surface area contributed by atoms with Gasteiger partial charge in [0.05, 0.1) is 5.02 Å². The molecule has 2 aromatic carbocycles. The first-order chi connectivity index (χ1) is 13.5. The average Bonchev–Trinajstić information content (AvgIpc) is 3.25. The fourth-order valence-corrected chi connectivity index (χ4v) is 5.90. The lowest BCUT2D eigenvalue weighted by Crippen LogP contribution is -2.10. The van der Waals surface area contributed by atoms with Gasteiger partial charge in [-0.2, -0.15) is 0 Å². The van der Waals surface area contributed by atoms with Crippen LogP contribution >= 0.6 is 69.2 Å². The molecule has 4 rings (SSSR count). The Morgan fingerprint density at radius 3 is 2.54 bits per heavy atom. The van der Waals surface area contributed by atoms with Crippen LogP contribution in [0, 0.1) is 0 Å². The molecule has 0 unspecified atom stereocenters. The second-order valence-electron chi connectivity index (χ2n) is 5.63. The predicted molar refractivity (Wildman–Crippen MR) is 121 cm³/mol. The molecule has 0 saturated heterocycles. The fourth-order valence-electron chi connectivity index (χ4n) is 2.38. The van der Waals surface area contributed by atoms with E-state index in [1.54, 1.807) is 23.9 Å². The van der Waals surface area contributed by atoms with Gasteiger partial charge in [0.25, 0.3) is 5.91 Å². The zero-order chi connectivity index (χ0) is 19.7. The second-order valence-corrected chi connectivity index (χ2v) is 10.1. The first kappa shape index (κ1) is 19.9. The molecule has 0 saturated carbocycles. The van der Waals surface area contributed by atoms with Crippen molar-refractivity contribution >= 4 is 90.4 Å². The molecule has 1 N–H and O–H groups in total. The third kappa shape index (κ3) is 4.45. The van der Waals surface area contributed by atoms with Crippen LogP contribution in [0.5, 0.6) is 0 Å². The van der Waals surface area contributed by atoms with Crippen molar-refractivity contribution in [2.45, 2.75) is 10.1 Å². The van der Waals surface area contributed by atoms with Crippen LogP contribution < -0.4 is 5.32 Å². The lowest BCUT2D eigenvalue weighted by atomic mass is 10.2. The maximum Gasteiger partial charge on any atom is 0.269 e. The Hall–Kier alpha value is -1.35. The number of amides is 1. The topological polar surface area (TPSA) is 54.9 Å². The molecule has 2 heterocycles. The minimum atomic E-state index is -0.312. The standard InChI is InChI=1S/C18H10Cl3N3OS3/c19-10-3-1-9(2-4-10)8-26-18-24-23-17(28-18)22-16(25)15-14(21)12-6-5-11(20)7-13(12)27-15/h1-7H,8H2,(H,22,23,25). The van der Waals surface area contributed by atoms with Crippen LogP contribution in [0.15, 0.2) is 46.8 Å². The summed E-state index contributed by atoms with van der Waals surface area (Å²) in [6.45, 7) is 0. The zero-order valence-corrected chi connectivity index (χ0v) is 18.6. The normalized spacial score (nSPS) is 11.1. The monoisotopic (exact) mass is 485 g/mol. The zero-order valence-electron chi connectivity index (χ0n) is 13.9. The Labute approximate surface area is 187 Å². The van der Waals surface area contributed by atoms with Crippen molar-refractivity contribution in [2.75, 3.05) is 5.32 Å². The van der Waals surface area contributed by atoms with E-state index >= 15 is 0 Å². The molecule has 28 heavy (non-hydrogen) atoms. The van der Waals surface area contributed by atoms with E-state index in [1.807, 2.05) is 30.3 Å². The van der Waals surface area contributed by atoms with Gasteiger partial charge in [-0.05, 0) is 29.8 Å². The highest BCUT2D eigenvalue weighted by atomic mass is 35.5. The van der Waals surface area contributed by atoms with Gasteiger partial charge in [-0.15, -0.1) is 21.5 Å². The summed E-state index contributed by atoms with van der Waals surface area (Å²) in [5, 5.41) is 13.9. The summed E-state index contributed by atoms with van der Waals surface area (Å²) < 4.78 is 1.62. The van der Waals surface area contributed by atoms with Crippen molar-refractivity contribution in [3.05, 3.63) is 68.0 Å². The molecule has 2 aromatic heterocycles. The van der Waals surface area contributed by atoms with Crippen LogP contribution in [0.4, 0.5) is 5.13 Å². The molecule has 142 valence electrons. The molecule has 4 aromatic rings. The van der Waals surface area contributed by atoms with Crippen LogP contribution in [-0.2, 0) is 5.75 Å². The molecule has 0 fully saturated rings. The Balaban J connectivity index is 1.44. The molecule has 0 bridgehead atoms. The highest BCUT2D eigenvalue weighted by molar-refractivity contribution is 8.00. The van der Waals surface area contributed by atoms with Crippen molar-refractivity contribution in [2.24, 2.45) is 0 Å². The second kappa shape index (κ2) is 8.57. The molecule has 0 atom stereocenters. The molecular formula is C18H10Cl3N3OS3. The number of thioether (sulfide) groups is 1. The smallest absolute Gasteiger partial charge is 0.269 e. The number of carbonyl (C=O) groups is 1. The van der Waals surface area contributed by atoms with Crippen molar-refractivity contribution < 1.29 is 4.79 Å². The number of hydrogen-bond donors (Lipinski definition) is 1. The van der Waals surface area contributed by atoms with Crippen molar-refractivity contribution in [1.82, 2.24) is 10.2 Å². The first-order valence-corrected chi connectivity index (χ1v) is 11.6. The van der Waals surface area contributed by atoms with Gasteiger partial charge in [-0.3, -0.25) is 10.1 Å². The minimum Gasteiger partial charge on any atom is -0.296 e. The van der Waals surface area contributed by atoms with E-state index in [0.29, 0.717) is 25.1 Å². The van der Waals surface area contributed by atoms with E-state index in [1.165, 1.54) is 22.7 Å². The van der Waals surface area contributed by atoms with Gasteiger partial charge in [0, 0.05) is 25.9 Å². The maximum absolute atomic E-state index is 12.6. The van der Waals surface area contributed by atoms with Crippen LogP contribution in [-0.4, -0.2) is 16.1 Å². The van der Waals surface area contributed by atoms with Gasteiger partial charge >= 0.3 is 0 Å². The van der Waals surface area contributed by atoms with Crippen LogP contribution in [0.2, 0.25) is 15.1 Å². The molecule has 0 aliphatic heterocycles. The van der Waals surface area contributed by atoms with E-state index in [-0.39, 0.29) is 5.91 Å². The Morgan fingerprint density at radius 2 is 1.75 bits per heavy atom. The van der Waals surface area contributed by atoms with Gasteiger partial charge in [0.2, 0.25) is 5.13 Å². The maximum atomic E-state index is 12.6. The summed E-state index contributed by atoms with van der Waals surface area (Å²) in [6.07, 6.45) is 0. The number of carbonyl (C=O) groups excluding carboxylic acids is 1. The predicted octanol–water partition coefficient (Wildman–Crippen LogP) is 7.26. The summed E-state index contributed by atoms with van der Waals surface area (Å²) in [5.74, 6) is 0.426. The van der Waals surface area contributed by atoms with Gasteiger partial charge in [0.1, 0.15) is 4.88 Å². The number of nitrogens with one attached hydrogen (secondary N) is 1. The molecule has 4 nitrogen and oxygen atoms in total. The molecule has 0 aliphatic carbocycles. The SMILES string of the molecule is O=C(Nc1nnc(SCc2ccc(Cl)cc2)s1)c1sc2cc(Cl)ccc2c1Cl. The van der Waals surface area contributed by atoms with E-state index in [2.05, 4.69) is 15.5 Å². The number of aromatic nitrogens is 2. The molecular weight excluding hydrogens is 477 g/mol. The third-order valence-electron chi connectivity index (χ3n) is 3.70. The summed E-state index contributed by atoms with van der Waals surface area (Å²) in [5.41, 5.74) is 1.13. The van der Waals surface area contributed by atoms with Gasteiger partial charge in [-0.25, -0.2) is 0 Å². The number of thiophene rings is 1. The van der Waals surface area contributed by atoms with Gasteiger partial charge in [0.15, 0.2) is 4.34 Å². The Bertz CT molecular complexity index is 1160. The molecule has 0 spiro atoms. The third-order valence-corrected chi connectivity index (χ3v) is 7.89. The van der Waals surface area contributed by atoms with Crippen LogP contribution in [0.1, 0.15) is 15.2 Å². The number of rotatable bonds is 5. The van der Waals surface area contributed by atoms with E-state index in [0.717, 1.165) is 25.7 Å². The number of hydrogen-bond acceptors (Lipinski definition) is 6. The quantitative estimate of drug-likeness (QED) is 0.238. The first-order valence-electron chi connectivity index (χ1n) is 7.89. The Kier molecular flexibility index (Phi) is 6.10. The molecule has 0 aliphatic rings. The number of fused-ring (bicyclic) bond motifs is 1. The average molecular weight is 487 g/mol. The van der Waals surface area contributed by atoms with Gasteiger partial charge in [-0.1, -0.05) is 76.1 Å². The number of halogens is 3. The molecule has 0 radical (unpaired) electrons. The van der Waals surface area contributed by atoms with Crippen molar-refractivity contribution in [1.29, 1.82) is 0 Å². The van der Waals surface area contributed by atoms with E-state index in [9.17, 15) is 4.79 Å². The van der Waals surface area contributed by atoms with Crippen LogP contribution in [0.25, 0.3) is 10.1 Å². The highest BCUT2D eigenvalue weighted by Gasteiger charge is 2.19. The molecule has 10 heteroatoms. The number of anilines is 1. The number of benzene rings is 2. The minimum absolute atomic E-state index is 0.312. The highest BCUT2D eigenvalue weighted by Crippen LogP contribution is 2.37. The fraction of sp³-hybridized carbons (Fsp3) is 0.0556. The van der Waals surface area contributed by atoms with Crippen molar-refractivity contribution in [3.8, 4) is 0 Å². The summed E-state index contributed by atoms with van der Waals surface area (Å²) in [4.78, 5) is 13.0. The van der Waals surface area contributed by atoms with E-state index < -0.39 is 0 Å². The lowest BCUT2D eigenvalue weighted by molar-refractivity contribution is 0.103. The van der Waals surface area contributed by atoms with Crippen molar-refractivity contribution in [3.63, 3.8) is 0 Å². The lowest BCUT2D eigenvalue weighted by Gasteiger charge is -1.99.